The number of nitrogens with zero attached hydrogens (tertiary/aromatic N) is 2. The van der Waals surface area contributed by atoms with E-state index in [4.69, 9.17) is 4.98 Å². The Morgan fingerprint density at radius 3 is 2.90 bits per heavy atom. The van der Waals surface area contributed by atoms with Crippen LogP contribution in [0, 0.1) is 5.41 Å². The van der Waals surface area contributed by atoms with Gasteiger partial charge in [-0.25, -0.2) is 4.98 Å². The van der Waals surface area contributed by atoms with Gasteiger partial charge >= 0.3 is 0 Å². The van der Waals surface area contributed by atoms with Gasteiger partial charge in [-0.05, 0) is 51.4 Å². The van der Waals surface area contributed by atoms with Crippen molar-refractivity contribution < 1.29 is 5.11 Å². The maximum Gasteiger partial charge on any atom is 0.107 e. The molecule has 4 rings (SSSR count). The van der Waals surface area contributed by atoms with E-state index in [-0.39, 0.29) is 5.41 Å². The molecular formula is C17H26N2OS. The molecule has 0 saturated carbocycles. The van der Waals surface area contributed by atoms with Crippen LogP contribution in [0.15, 0.2) is 0 Å². The van der Waals surface area contributed by atoms with Crippen molar-refractivity contribution in [1.82, 2.24) is 9.88 Å². The number of aliphatic hydroxyl groups is 1. The third-order valence-electron chi connectivity index (χ3n) is 6.22. The van der Waals surface area contributed by atoms with Crippen LogP contribution in [0.3, 0.4) is 0 Å². The van der Waals surface area contributed by atoms with Gasteiger partial charge in [-0.15, -0.1) is 11.3 Å². The molecule has 0 unspecified atom stereocenters. The van der Waals surface area contributed by atoms with Crippen molar-refractivity contribution >= 4 is 11.3 Å². The number of thiazole rings is 1. The molecule has 1 aromatic rings. The molecule has 4 heteroatoms. The standard InChI is InChI=1S/C17H26N2OS/c1-2-17(11-20)9-12-7-8-15(17)19(12)10-16-18-13-5-3-4-6-14(13)21-16/h12,15,20H,2-11H2,1H3/t12-,15+,17-/m0/s1. The first-order valence-electron chi connectivity index (χ1n) is 8.60. The highest BCUT2D eigenvalue weighted by molar-refractivity contribution is 7.11. The van der Waals surface area contributed by atoms with Crippen LogP contribution in [0.25, 0.3) is 0 Å². The van der Waals surface area contributed by atoms with Crippen molar-refractivity contribution in [2.45, 2.75) is 76.9 Å². The maximum atomic E-state index is 9.92. The number of rotatable bonds is 4. The van der Waals surface area contributed by atoms with Gasteiger partial charge in [0.1, 0.15) is 5.01 Å². The molecule has 21 heavy (non-hydrogen) atoms. The van der Waals surface area contributed by atoms with Crippen LogP contribution in [0.5, 0.6) is 0 Å². The summed E-state index contributed by atoms with van der Waals surface area (Å²) in [4.78, 5) is 9.14. The molecule has 3 heterocycles. The molecule has 3 atom stereocenters. The van der Waals surface area contributed by atoms with Gasteiger partial charge in [-0.3, -0.25) is 4.90 Å². The molecular weight excluding hydrogens is 280 g/mol. The number of aromatic nitrogens is 1. The van der Waals surface area contributed by atoms with E-state index < -0.39 is 0 Å². The van der Waals surface area contributed by atoms with Crippen LogP contribution < -0.4 is 0 Å². The monoisotopic (exact) mass is 306 g/mol. The highest BCUT2D eigenvalue weighted by Crippen LogP contribution is 2.52. The molecule has 2 bridgehead atoms. The Kier molecular flexibility index (Phi) is 3.59. The third kappa shape index (κ3) is 2.18. The van der Waals surface area contributed by atoms with E-state index in [2.05, 4.69) is 11.8 Å². The highest BCUT2D eigenvalue weighted by atomic mass is 32.1. The Hall–Kier alpha value is -0.450. The molecule has 1 N–H and O–H groups in total. The Morgan fingerprint density at radius 2 is 2.19 bits per heavy atom. The van der Waals surface area contributed by atoms with Gasteiger partial charge in [-0.1, -0.05) is 6.92 Å². The van der Waals surface area contributed by atoms with Crippen molar-refractivity contribution in [3.8, 4) is 0 Å². The second-order valence-corrected chi connectivity index (χ2v) is 8.35. The molecule has 0 radical (unpaired) electrons. The van der Waals surface area contributed by atoms with Crippen molar-refractivity contribution in [2.75, 3.05) is 6.61 Å². The normalized spacial score (nSPS) is 35.3. The fourth-order valence-electron chi connectivity index (χ4n) is 4.95. The zero-order chi connectivity index (χ0) is 14.4. The maximum absolute atomic E-state index is 9.92. The molecule has 2 saturated heterocycles. The number of hydrogen-bond acceptors (Lipinski definition) is 4. The van der Waals surface area contributed by atoms with Crippen LogP contribution in [-0.4, -0.2) is 33.7 Å². The van der Waals surface area contributed by atoms with Gasteiger partial charge in [0.05, 0.1) is 18.8 Å². The SMILES string of the molecule is CC[C@@]1(CO)C[C@@H]2CC[C@H]1N2Cc1nc2c(s1)CCCC2. The molecule has 2 aliphatic heterocycles. The molecule has 0 amide bonds. The fourth-order valence-corrected chi connectivity index (χ4v) is 6.12. The quantitative estimate of drug-likeness (QED) is 0.928. The Labute approximate surface area is 131 Å². The Morgan fingerprint density at radius 1 is 1.33 bits per heavy atom. The van der Waals surface area contributed by atoms with Crippen LogP contribution in [0.4, 0.5) is 0 Å². The van der Waals surface area contributed by atoms with Crippen LogP contribution >= 0.6 is 11.3 Å². The highest BCUT2D eigenvalue weighted by Gasteiger charge is 2.54. The Bertz CT molecular complexity index is 499. The van der Waals surface area contributed by atoms with E-state index in [9.17, 15) is 5.11 Å². The molecule has 2 fully saturated rings. The van der Waals surface area contributed by atoms with E-state index in [1.54, 1.807) is 4.88 Å². The van der Waals surface area contributed by atoms with Crippen molar-refractivity contribution in [1.29, 1.82) is 0 Å². The zero-order valence-electron chi connectivity index (χ0n) is 13.0. The van der Waals surface area contributed by atoms with E-state index in [0.717, 1.165) is 13.0 Å². The van der Waals surface area contributed by atoms with E-state index in [1.165, 1.54) is 55.6 Å². The summed E-state index contributed by atoms with van der Waals surface area (Å²) < 4.78 is 0. The van der Waals surface area contributed by atoms with Crippen LogP contribution in [-0.2, 0) is 19.4 Å². The minimum absolute atomic E-state index is 0.166. The molecule has 1 aliphatic carbocycles. The van der Waals surface area contributed by atoms with Crippen LogP contribution in [0.2, 0.25) is 0 Å². The number of aryl methyl sites for hydroxylation is 2. The van der Waals surface area contributed by atoms with E-state index in [1.807, 2.05) is 11.3 Å². The lowest BCUT2D eigenvalue weighted by Crippen LogP contribution is -2.39. The first kappa shape index (κ1) is 14.2. The van der Waals surface area contributed by atoms with Gasteiger partial charge in [0.2, 0.25) is 0 Å². The topological polar surface area (TPSA) is 36.4 Å². The molecule has 3 nitrogen and oxygen atoms in total. The first-order chi connectivity index (χ1) is 10.3. The summed E-state index contributed by atoms with van der Waals surface area (Å²) in [6.45, 7) is 3.63. The molecule has 1 aromatic heterocycles. The second kappa shape index (κ2) is 5.32. The fraction of sp³-hybridized carbons (Fsp3) is 0.824. The summed E-state index contributed by atoms with van der Waals surface area (Å²) in [5.74, 6) is 0. The van der Waals surface area contributed by atoms with Crippen molar-refractivity contribution in [3.63, 3.8) is 0 Å². The van der Waals surface area contributed by atoms with Gasteiger partial charge in [0.25, 0.3) is 0 Å². The van der Waals surface area contributed by atoms with Crippen molar-refractivity contribution in [3.05, 3.63) is 15.6 Å². The largest absolute Gasteiger partial charge is 0.396 e. The number of hydrogen-bond donors (Lipinski definition) is 1. The van der Waals surface area contributed by atoms with Crippen molar-refractivity contribution in [2.24, 2.45) is 5.41 Å². The van der Waals surface area contributed by atoms with E-state index in [0.29, 0.717) is 18.7 Å². The summed E-state index contributed by atoms with van der Waals surface area (Å²) in [6.07, 6.45) is 9.97. The van der Waals surface area contributed by atoms with Gasteiger partial charge in [0.15, 0.2) is 0 Å². The third-order valence-corrected chi connectivity index (χ3v) is 7.36. The lowest BCUT2D eigenvalue weighted by molar-refractivity contribution is 0.0713. The predicted octanol–water partition coefficient (Wildman–Crippen LogP) is 3.15. The minimum Gasteiger partial charge on any atom is -0.396 e. The molecule has 0 spiro atoms. The van der Waals surface area contributed by atoms with Gasteiger partial charge in [0, 0.05) is 22.4 Å². The zero-order valence-corrected chi connectivity index (χ0v) is 13.8. The van der Waals surface area contributed by atoms with E-state index >= 15 is 0 Å². The Balaban J connectivity index is 1.54. The summed E-state index contributed by atoms with van der Waals surface area (Å²) in [6, 6.07) is 1.27. The molecule has 3 aliphatic rings. The summed E-state index contributed by atoms with van der Waals surface area (Å²) in [5.41, 5.74) is 1.55. The molecule has 116 valence electrons. The summed E-state index contributed by atoms with van der Waals surface area (Å²) in [7, 11) is 0. The minimum atomic E-state index is 0.166. The van der Waals surface area contributed by atoms with Gasteiger partial charge < -0.3 is 5.11 Å². The lowest BCUT2D eigenvalue weighted by Gasteiger charge is -2.35. The lowest BCUT2D eigenvalue weighted by atomic mass is 9.72. The predicted molar refractivity (Wildman–Crippen MR) is 85.5 cm³/mol. The summed E-state index contributed by atoms with van der Waals surface area (Å²) in [5, 5.41) is 11.2. The number of aliphatic hydroxyl groups excluding tert-OH is 1. The second-order valence-electron chi connectivity index (χ2n) is 7.18. The average Bonchev–Trinajstić information content (AvgIpc) is 3.18. The summed E-state index contributed by atoms with van der Waals surface area (Å²) >= 11 is 1.95. The average molecular weight is 306 g/mol. The smallest absolute Gasteiger partial charge is 0.107 e. The van der Waals surface area contributed by atoms with Gasteiger partial charge in [-0.2, -0.15) is 0 Å². The molecule has 0 aromatic carbocycles. The van der Waals surface area contributed by atoms with Crippen LogP contribution in [0.1, 0.15) is 61.0 Å². The first-order valence-corrected chi connectivity index (χ1v) is 9.41. The number of fused-ring (bicyclic) bond motifs is 3.